The maximum atomic E-state index is 2.49. The summed E-state index contributed by atoms with van der Waals surface area (Å²) in [6.45, 7) is 4.73. The second kappa shape index (κ2) is 12.5. The topological polar surface area (TPSA) is 3.24 Å². The number of fused-ring (bicyclic) bond motifs is 10. The zero-order valence-electron chi connectivity index (χ0n) is 31.5. The van der Waals surface area contributed by atoms with Gasteiger partial charge in [0.2, 0.25) is 0 Å². The highest BCUT2D eigenvalue weighted by molar-refractivity contribution is 6.27. The van der Waals surface area contributed by atoms with Crippen LogP contribution < -0.4 is 4.90 Å². The molecule has 0 radical (unpaired) electrons. The van der Waals surface area contributed by atoms with Gasteiger partial charge in [-0.15, -0.1) is 0 Å². The van der Waals surface area contributed by atoms with Crippen LogP contribution >= 0.6 is 0 Å². The highest BCUT2D eigenvalue weighted by atomic mass is 15.1. The molecule has 0 aromatic heterocycles. The minimum absolute atomic E-state index is 0.127. The number of nitrogens with zero attached hydrogens (tertiary/aromatic N) is 1. The summed E-state index contributed by atoms with van der Waals surface area (Å²) in [5, 5.41) is 10.2. The van der Waals surface area contributed by atoms with Gasteiger partial charge >= 0.3 is 0 Å². The fourth-order valence-electron chi connectivity index (χ4n) is 9.49. The van der Waals surface area contributed by atoms with Crippen molar-refractivity contribution in [1.29, 1.82) is 0 Å². The molecule has 0 bridgehead atoms. The van der Waals surface area contributed by atoms with Crippen molar-refractivity contribution in [2.45, 2.75) is 19.3 Å². The van der Waals surface area contributed by atoms with Crippen LogP contribution in [0.5, 0.6) is 0 Å². The van der Waals surface area contributed by atoms with E-state index >= 15 is 0 Å². The summed E-state index contributed by atoms with van der Waals surface area (Å²) < 4.78 is 0. The maximum Gasteiger partial charge on any atom is 0.0540 e. The Labute approximate surface area is 327 Å². The second-order valence-electron chi connectivity index (χ2n) is 15.7. The van der Waals surface area contributed by atoms with E-state index in [4.69, 9.17) is 0 Å². The molecule has 11 rings (SSSR count). The van der Waals surface area contributed by atoms with Gasteiger partial charge in [-0.05, 0) is 107 Å². The number of benzene rings is 10. The lowest BCUT2D eigenvalue weighted by molar-refractivity contribution is 0.660. The summed E-state index contributed by atoms with van der Waals surface area (Å²) in [6.07, 6.45) is 0. The number of anilines is 3. The van der Waals surface area contributed by atoms with Gasteiger partial charge in [-0.1, -0.05) is 184 Å². The molecule has 0 amide bonds. The summed E-state index contributed by atoms with van der Waals surface area (Å²) in [4.78, 5) is 2.49. The van der Waals surface area contributed by atoms with Gasteiger partial charge in [-0.25, -0.2) is 0 Å². The van der Waals surface area contributed by atoms with Crippen molar-refractivity contribution in [3.8, 4) is 33.4 Å². The van der Waals surface area contributed by atoms with Crippen LogP contribution in [-0.2, 0) is 5.41 Å². The van der Waals surface area contributed by atoms with E-state index in [9.17, 15) is 0 Å². The monoisotopic (exact) mass is 713 g/mol. The third kappa shape index (κ3) is 4.94. The van der Waals surface area contributed by atoms with Crippen LogP contribution in [0.25, 0.3) is 76.5 Å². The number of hydrogen-bond acceptors (Lipinski definition) is 1. The Hall–Kier alpha value is -6.96. The van der Waals surface area contributed by atoms with Gasteiger partial charge in [0.05, 0.1) is 11.4 Å². The molecule has 1 aliphatic rings. The number of rotatable bonds is 5. The average molecular weight is 714 g/mol. The summed E-state index contributed by atoms with van der Waals surface area (Å²) in [5.74, 6) is 0. The molecule has 0 aliphatic heterocycles. The first-order chi connectivity index (χ1) is 27.5. The smallest absolute Gasteiger partial charge is 0.0540 e. The summed E-state index contributed by atoms with van der Waals surface area (Å²) in [7, 11) is 0. The molecule has 0 atom stereocenters. The van der Waals surface area contributed by atoms with Gasteiger partial charge in [-0.2, -0.15) is 0 Å². The molecule has 56 heavy (non-hydrogen) atoms. The fraction of sp³-hybridized carbons (Fsp3) is 0.0545. The Morgan fingerprint density at radius 1 is 0.339 bits per heavy atom. The van der Waals surface area contributed by atoms with Crippen molar-refractivity contribution in [1.82, 2.24) is 0 Å². The normalized spacial score (nSPS) is 13.0. The lowest BCUT2D eigenvalue weighted by atomic mass is 9.82. The molecule has 0 N–H and O–H groups in total. The van der Waals surface area contributed by atoms with E-state index in [1.54, 1.807) is 0 Å². The molecule has 264 valence electrons. The zero-order valence-corrected chi connectivity index (χ0v) is 31.5. The number of para-hydroxylation sites is 2. The second-order valence-corrected chi connectivity index (χ2v) is 15.7. The lowest BCUT2D eigenvalue weighted by Crippen LogP contribution is -2.17. The molecule has 0 fully saturated rings. The average Bonchev–Trinajstić information content (AvgIpc) is 3.49. The Morgan fingerprint density at radius 2 is 0.857 bits per heavy atom. The standard InChI is InChI=1S/C55H39N/c1-55(2)49-21-11-8-20-46(49)47-33-32-42(35-50(47)55)56(51-22-12-9-17-43(51)36-14-4-3-5-15-36)52-23-13-10-18-44(52)41-31-26-38-25-28-40-30-29-39-27-24-37-16-6-7-19-45(37)53(39)54(40)48(38)34-41/h3-35H,1-2H3. The largest absolute Gasteiger partial charge is 0.309 e. The molecule has 10 aromatic rings. The van der Waals surface area contributed by atoms with Gasteiger partial charge in [0.1, 0.15) is 0 Å². The minimum Gasteiger partial charge on any atom is -0.309 e. The van der Waals surface area contributed by atoms with E-state index in [2.05, 4.69) is 219 Å². The van der Waals surface area contributed by atoms with E-state index in [-0.39, 0.29) is 5.41 Å². The molecule has 1 aliphatic carbocycles. The Bertz CT molecular complexity index is 3160. The van der Waals surface area contributed by atoms with Crippen LogP contribution in [0.2, 0.25) is 0 Å². The SMILES string of the molecule is CC1(C)c2ccccc2-c2ccc(N(c3ccccc3-c3ccccc3)c3ccccc3-c3ccc4ccc5ccc6ccc7ccccc7c6c5c4c3)cc21. The molecule has 10 aromatic carbocycles. The minimum atomic E-state index is -0.127. The van der Waals surface area contributed by atoms with Crippen LogP contribution in [0.1, 0.15) is 25.0 Å². The molecule has 0 unspecified atom stereocenters. The molecule has 1 nitrogen and oxygen atoms in total. The predicted octanol–water partition coefficient (Wildman–Crippen LogP) is 15.4. The molecule has 0 spiro atoms. The van der Waals surface area contributed by atoms with E-state index in [1.165, 1.54) is 87.6 Å². The third-order valence-electron chi connectivity index (χ3n) is 12.2. The first-order valence-electron chi connectivity index (χ1n) is 19.6. The van der Waals surface area contributed by atoms with Gasteiger partial charge in [0, 0.05) is 22.2 Å². The third-order valence-corrected chi connectivity index (χ3v) is 12.2. The molecule has 0 saturated carbocycles. The van der Waals surface area contributed by atoms with Crippen LogP contribution in [0.4, 0.5) is 17.1 Å². The van der Waals surface area contributed by atoms with E-state index in [0.717, 1.165) is 17.1 Å². The summed E-state index contributed by atoms with van der Waals surface area (Å²) in [5.41, 5.74) is 13.4. The van der Waals surface area contributed by atoms with Crippen LogP contribution in [0.15, 0.2) is 200 Å². The molecule has 0 saturated heterocycles. The molecule has 1 heteroatoms. The van der Waals surface area contributed by atoms with Gasteiger partial charge in [-0.3, -0.25) is 0 Å². The van der Waals surface area contributed by atoms with Crippen molar-refractivity contribution in [2.75, 3.05) is 4.90 Å². The van der Waals surface area contributed by atoms with E-state index in [0.29, 0.717) is 0 Å². The fourth-order valence-corrected chi connectivity index (χ4v) is 9.49. The van der Waals surface area contributed by atoms with Crippen molar-refractivity contribution >= 4 is 60.2 Å². The summed E-state index contributed by atoms with van der Waals surface area (Å²) >= 11 is 0. The molecular formula is C55H39N. The van der Waals surface area contributed by atoms with Crippen molar-refractivity contribution < 1.29 is 0 Å². The highest BCUT2D eigenvalue weighted by Crippen LogP contribution is 2.52. The van der Waals surface area contributed by atoms with Crippen LogP contribution in [-0.4, -0.2) is 0 Å². The first kappa shape index (κ1) is 32.5. The molecule has 0 heterocycles. The van der Waals surface area contributed by atoms with Crippen molar-refractivity contribution in [2.24, 2.45) is 0 Å². The van der Waals surface area contributed by atoms with Crippen LogP contribution in [0.3, 0.4) is 0 Å². The Morgan fingerprint density at radius 3 is 1.59 bits per heavy atom. The summed E-state index contributed by atoms with van der Waals surface area (Å²) in [6, 6.07) is 74.0. The van der Waals surface area contributed by atoms with Crippen molar-refractivity contribution in [3.05, 3.63) is 211 Å². The van der Waals surface area contributed by atoms with E-state index < -0.39 is 0 Å². The lowest BCUT2D eigenvalue weighted by Gasteiger charge is -2.31. The van der Waals surface area contributed by atoms with Gasteiger partial charge in [0.15, 0.2) is 0 Å². The predicted molar refractivity (Wildman–Crippen MR) is 240 cm³/mol. The van der Waals surface area contributed by atoms with Gasteiger partial charge in [0.25, 0.3) is 0 Å². The van der Waals surface area contributed by atoms with E-state index in [1.807, 2.05) is 0 Å². The first-order valence-corrected chi connectivity index (χ1v) is 19.6. The molecular weight excluding hydrogens is 675 g/mol. The maximum absolute atomic E-state index is 2.49. The zero-order chi connectivity index (χ0) is 37.4. The number of hydrogen-bond donors (Lipinski definition) is 0. The van der Waals surface area contributed by atoms with Gasteiger partial charge < -0.3 is 4.90 Å². The Kier molecular flexibility index (Phi) is 7.28. The van der Waals surface area contributed by atoms with Crippen LogP contribution in [0, 0.1) is 0 Å². The quantitative estimate of drug-likeness (QED) is 0.161. The highest BCUT2D eigenvalue weighted by Gasteiger charge is 2.36. The van der Waals surface area contributed by atoms with Crippen molar-refractivity contribution in [3.63, 3.8) is 0 Å². The Balaban J connectivity index is 1.17.